The number of carbonyl (C=O) groups is 1. The molecule has 1 fully saturated rings. The van der Waals surface area contributed by atoms with Gasteiger partial charge in [0.05, 0.1) is 23.7 Å². The maximum absolute atomic E-state index is 14.5. The van der Waals surface area contributed by atoms with E-state index >= 15 is 0 Å². The highest BCUT2D eigenvalue weighted by Crippen LogP contribution is 2.31. The predicted molar refractivity (Wildman–Crippen MR) is 128 cm³/mol. The number of hydrogen-bond acceptors (Lipinski definition) is 10. The van der Waals surface area contributed by atoms with Crippen LogP contribution >= 0.6 is 0 Å². The first kappa shape index (κ1) is 22.8. The van der Waals surface area contributed by atoms with Gasteiger partial charge >= 0.3 is 0 Å². The van der Waals surface area contributed by atoms with E-state index in [0.29, 0.717) is 37.0 Å². The molecular formula is C23H26FN9O2. The molecule has 4 heterocycles. The fourth-order valence-electron chi connectivity index (χ4n) is 4.62. The number of hydrazone groups is 1. The first-order chi connectivity index (χ1) is 16.9. The number of hydrogen-bond donors (Lipinski definition) is 2. The van der Waals surface area contributed by atoms with E-state index in [1.807, 2.05) is 16.1 Å². The summed E-state index contributed by atoms with van der Waals surface area (Å²) >= 11 is 0. The molecule has 0 radical (unpaired) electrons. The highest BCUT2D eigenvalue weighted by atomic mass is 19.1. The molecule has 3 aliphatic heterocycles. The van der Waals surface area contributed by atoms with Crippen LogP contribution in [0.2, 0.25) is 0 Å². The highest BCUT2D eigenvalue weighted by molar-refractivity contribution is 5.97. The van der Waals surface area contributed by atoms with Crippen LogP contribution in [0.1, 0.15) is 41.8 Å². The summed E-state index contributed by atoms with van der Waals surface area (Å²) in [4.78, 5) is 25.0. The Morgan fingerprint density at radius 2 is 2.03 bits per heavy atom. The number of rotatable bonds is 5. The average molecular weight is 480 g/mol. The number of benzene rings is 1. The Balaban J connectivity index is 1.19. The molecule has 1 aromatic carbocycles. The van der Waals surface area contributed by atoms with Crippen molar-refractivity contribution < 1.29 is 14.3 Å². The first-order valence-corrected chi connectivity index (χ1v) is 11.4. The van der Waals surface area contributed by atoms with Crippen LogP contribution in [0, 0.1) is 17.7 Å². The summed E-state index contributed by atoms with van der Waals surface area (Å²) in [5.41, 5.74) is 6.59. The molecule has 12 heteroatoms. The molecular weight excluding hydrogens is 453 g/mol. The van der Waals surface area contributed by atoms with Gasteiger partial charge in [0.2, 0.25) is 11.8 Å². The van der Waals surface area contributed by atoms with E-state index in [0.717, 1.165) is 25.7 Å². The summed E-state index contributed by atoms with van der Waals surface area (Å²) in [6.07, 6.45) is 1.55. The minimum Gasteiger partial charge on any atom is -0.507 e. The van der Waals surface area contributed by atoms with Gasteiger partial charge in [-0.1, -0.05) is 5.92 Å². The number of nitrogens with zero attached hydrogens (tertiary/aromatic N) is 8. The number of aromatic nitrogens is 3. The van der Waals surface area contributed by atoms with Gasteiger partial charge in [0, 0.05) is 45.0 Å². The SMILES string of the molecule is CC#Cc1nc2n(n1)C(N)=NC1C2C=NN1CCN1CCN(c2cc(C(C)=O)c(O)cc2F)CC1. The largest absolute Gasteiger partial charge is 0.507 e. The van der Waals surface area contributed by atoms with Gasteiger partial charge in [0.1, 0.15) is 17.4 Å². The summed E-state index contributed by atoms with van der Waals surface area (Å²) in [5, 5.41) is 20.6. The number of piperazine rings is 1. The van der Waals surface area contributed by atoms with E-state index in [4.69, 9.17) is 5.73 Å². The van der Waals surface area contributed by atoms with Gasteiger partial charge in [-0.3, -0.25) is 14.7 Å². The Hall–Kier alpha value is -3.98. The maximum Gasteiger partial charge on any atom is 0.226 e. The minimum absolute atomic E-state index is 0.127. The Labute approximate surface area is 201 Å². The number of ketones is 1. The van der Waals surface area contributed by atoms with Crippen molar-refractivity contribution in [3.8, 4) is 17.6 Å². The molecule has 0 saturated carbocycles. The number of nitrogens with two attached hydrogens (primary N) is 1. The lowest BCUT2D eigenvalue weighted by molar-refractivity contribution is 0.101. The second-order valence-electron chi connectivity index (χ2n) is 8.64. The number of fused-ring (bicyclic) bond motifs is 3. The average Bonchev–Trinajstić information content (AvgIpc) is 3.43. The van der Waals surface area contributed by atoms with Gasteiger partial charge in [-0.25, -0.2) is 14.4 Å². The lowest BCUT2D eigenvalue weighted by atomic mass is 10.1. The van der Waals surface area contributed by atoms with Crippen LogP contribution in [0.15, 0.2) is 22.2 Å². The zero-order valence-corrected chi connectivity index (χ0v) is 19.5. The van der Waals surface area contributed by atoms with Gasteiger partial charge in [-0.15, -0.1) is 5.10 Å². The van der Waals surface area contributed by atoms with Crippen LogP contribution in [0.4, 0.5) is 10.1 Å². The van der Waals surface area contributed by atoms with E-state index in [1.54, 1.807) is 6.92 Å². The number of Topliss-reactive ketones (excluding diaryl/α,β-unsaturated/α-hetero) is 1. The zero-order valence-electron chi connectivity index (χ0n) is 19.5. The third-order valence-corrected chi connectivity index (χ3v) is 6.45. The molecule has 2 aromatic rings. The number of carbonyl (C=O) groups excluding carboxylic acids is 1. The smallest absolute Gasteiger partial charge is 0.226 e. The highest BCUT2D eigenvalue weighted by Gasteiger charge is 2.39. The molecule has 5 rings (SSSR count). The molecule has 0 amide bonds. The van der Waals surface area contributed by atoms with Crippen molar-refractivity contribution in [2.45, 2.75) is 25.9 Å². The Morgan fingerprint density at radius 1 is 1.26 bits per heavy atom. The lowest BCUT2D eigenvalue weighted by Gasteiger charge is -2.37. The number of aromatic hydroxyl groups is 1. The van der Waals surface area contributed by atoms with Gasteiger partial charge in [-0.2, -0.15) is 9.78 Å². The molecule has 182 valence electrons. The van der Waals surface area contributed by atoms with Crippen molar-refractivity contribution in [2.24, 2.45) is 15.8 Å². The van der Waals surface area contributed by atoms with E-state index in [-0.39, 0.29) is 35.1 Å². The quantitative estimate of drug-likeness (QED) is 0.466. The number of phenolic OH excluding ortho intramolecular Hbond substituents is 1. The van der Waals surface area contributed by atoms with Crippen LogP contribution in [-0.2, 0) is 0 Å². The number of anilines is 1. The molecule has 0 spiro atoms. The number of halogens is 1. The van der Waals surface area contributed by atoms with Crippen LogP contribution in [0.3, 0.4) is 0 Å². The second kappa shape index (κ2) is 8.99. The lowest BCUT2D eigenvalue weighted by Crippen LogP contribution is -2.49. The van der Waals surface area contributed by atoms with Gasteiger partial charge in [0.15, 0.2) is 11.9 Å². The molecule has 3 aliphatic rings. The third kappa shape index (κ3) is 4.19. The Kier molecular flexibility index (Phi) is 5.86. The van der Waals surface area contributed by atoms with Crippen LogP contribution in [0.25, 0.3) is 0 Å². The number of aliphatic imine (C=N–C) groups is 1. The molecule has 2 atom stereocenters. The molecule has 35 heavy (non-hydrogen) atoms. The first-order valence-electron chi connectivity index (χ1n) is 11.4. The fourth-order valence-corrected chi connectivity index (χ4v) is 4.62. The summed E-state index contributed by atoms with van der Waals surface area (Å²) in [7, 11) is 0. The van der Waals surface area contributed by atoms with Crippen LogP contribution in [-0.4, -0.2) is 93.2 Å². The summed E-state index contributed by atoms with van der Waals surface area (Å²) in [5.74, 6) is 5.68. The maximum atomic E-state index is 14.5. The Bertz CT molecular complexity index is 1280. The molecule has 1 aromatic heterocycles. The van der Waals surface area contributed by atoms with Gasteiger partial charge in [-0.05, 0) is 25.8 Å². The number of phenols is 1. The van der Waals surface area contributed by atoms with Crippen molar-refractivity contribution in [1.82, 2.24) is 24.7 Å². The normalized spacial score (nSPS) is 21.3. The van der Waals surface area contributed by atoms with Crippen molar-refractivity contribution in [3.05, 3.63) is 35.2 Å². The van der Waals surface area contributed by atoms with Gasteiger partial charge in [0.25, 0.3) is 0 Å². The summed E-state index contributed by atoms with van der Waals surface area (Å²) in [6.45, 7) is 7.12. The van der Waals surface area contributed by atoms with Crippen molar-refractivity contribution in [1.29, 1.82) is 0 Å². The molecule has 1 saturated heterocycles. The Morgan fingerprint density at radius 3 is 2.74 bits per heavy atom. The van der Waals surface area contributed by atoms with Crippen molar-refractivity contribution in [2.75, 3.05) is 44.2 Å². The third-order valence-electron chi connectivity index (χ3n) is 6.45. The summed E-state index contributed by atoms with van der Waals surface area (Å²) < 4.78 is 16.0. The van der Waals surface area contributed by atoms with Crippen LogP contribution in [0.5, 0.6) is 5.75 Å². The molecule has 3 N–H and O–H groups in total. The summed E-state index contributed by atoms with van der Waals surface area (Å²) in [6, 6.07) is 2.44. The van der Waals surface area contributed by atoms with E-state index in [2.05, 4.69) is 36.9 Å². The standard InChI is InChI=1S/C23H26FN9O2/c1-3-4-20-27-22-16-13-26-32(21(16)28-23(25)33(22)29-20)10-7-30-5-8-31(9-6-30)18-11-15(14(2)34)19(35)12-17(18)24/h11-13,16,21,35H,5-10H2,1-2H3,(H2,25,28). The van der Waals surface area contributed by atoms with Crippen molar-refractivity contribution >= 4 is 23.6 Å². The van der Waals surface area contributed by atoms with E-state index in [1.165, 1.54) is 17.7 Å². The van der Waals surface area contributed by atoms with Gasteiger partial charge < -0.3 is 15.7 Å². The zero-order chi connectivity index (χ0) is 24.7. The molecule has 2 unspecified atom stereocenters. The van der Waals surface area contributed by atoms with Crippen LogP contribution < -0.4 is 10.6 Å². The second-order valence-corrected chi connectivity index (χ2v) is 8.64. The minimum atomic E-state index is -0.535. The monoisotopic (exact) mass is 479 g/mol. The fraction of sp³-hybridized carbons (Fsp3) is 0.435. The molecule has 0 bridgehead atoms. The molecule has 0 aliphatic carbocycles. The van der Waals surface area contributed by atoms with Crippen molar-refractivity contribution in [3.63, 3.8) is 0 Å². The topological polar surface area (TPSA) is 128 Å². The van der Waals surface area contributed by atoms with E-state index in [9.17, 15) is 14.3 Å². The predicted octanol–water partition coefficient (Wildman–Crippen LogP) is 0.406. The van der Waals surface area contributed by atoms with E-state index < -0.39 is 5.82 Å². The molecule has 11 nitrogen and oxygen atoms in total.